The van der Waals surface area contributed by atoms with Gasteiger partial charge in [0.05, 0.1) is 0 Å². The van der Waals surface area contributed by atoms with E-state index in [4.69, 9.17) is 0 Å². The van der Waals surface area contributed by atoms with E-state index in [1.807, 2.05) is 6.07 Å². The zero-order valence-corrected chi connectivity index (χ0v) is 13.7. The fraction of sp³-hybridized carbons (Fsp3) is 0.429. The summed E-state index contributed by atoms with van der Waals surface area (Å²) in [5.74, 6) is 2.02. The maximum atomic E-state index is 4.31. The van der Waals surface area contributed by atoms with Gasteiger partial charge < -0.3 is 4.57 Å². The first kappa shape index (κ1) is 14.6. The topological polar surface area (TPSA) is 30.7 Å². The Hall–Kier alpha value is -0.810. The number of thioether (sulfide) groups is 1. The lowest BCUT2D eigenvalue weighted by Gasteiger charge is -2.06. The summed E-state index contributed by atoms with van der Waals surface area (Å²) >= 11 is 5.25. The molecule has 1 heterocycles. The molecule has 0 unspecified atom stereocenters. The van der Waals surface area contributed by atoms with Crippen LogP contribution in [0, 0.1) is 0 Å². The fourth-order valence-corrected chi connectivity index (χ4v) is 3.34. The average molecular weight is 340 g/mol. The lowest BCUT2D eigenvalue weighted by molar-refractivity contribution is 0.634. The molecule has 0 radical (unpaired) electrons. The van der Waals surface area contributed by atoms with Gasteiger partial charge >= 0.3 is 0 Å². The van der Waals surface area contributed by atoms with Gasteiger partial charge in [0.25, 0.3) is 0 Å². The molecule has 3 nitrogen and oxygen atoms in total. The zero-order valence-electron chi connectivity index (χ0n) is 11.3. The third-order valence-corrected chi connectivity index (χ3v) is 4.37. The minimum atomic E-state index is 0.920. The number of rotatable bonds is 6. The maximum Gasteiger partial charge on any atom is 0.191 e. The number of halogens is 1. The molecule has 5 heteroatoms. The van der Waals surface area contributed by atoms with Gasteiger partial charge in [0, 0.05) is 23.2 Å². The summed E-state index contributed by atoms with van der Waals surface area (Å²) in [6, 6.07) is 8.39. The van der Waals surface area contributed by atoms with E-state index in [2.05, 4.69) is 62.7 Å². The Labute approximate surface area is 126 Å². The molecule has 0 saturated heterocycles. The van der Waals surface area contributed by atoms with Crippen molar-refractivity contribution in [1.82, 2.24) is 14.8 Å². The molecular weight excluding hydrogens is 322 g/mol. The largest absolute Gasteiger partial charge is 0.306 e. The second kappa shape index (κ2) is 7.10. The van der Waals surface area contributed by atoms with Crippen LogP contribution < -0.4 is 0 Å². The predicted molar refractivity (Wildman–Crippen MR) is 83.4 cm³/mol. The van der Waals surface area contributed by atoms with Crippen LogP contribution in [0.25, 0.3) is 0 Å². The highest BCUT2D eigenvalue weighted by molar-refractivity contribution is 9.10. The van der Waals surface area contributed by atoms with Crippen LogP contribution in [0.3, 0.4) is 0 Å². The lowest BCUT2D eigenvalue weighted by Crippen LogP contribution is -2.03. The van der Waals surface area contributed by atoms with E-state index in [1.54, 1.807) is 11.8 Å². The fourth-order valence-electron chi connectivity index (χ4n) is 1.93. The molecular formula is C14H18BrN3S. The van der Waals surface area contributed by atoms with Gasteiger partial charge in [0.2, 0.25) is 0 Å². The minimum absolute atomic E-state index is 0.920. The SMILES string of the molecule is CCCc1nnc(SCc2cccc(Br)c2)n1CC. The van der Waals surface area contributed by atoms with E-state index in [0.29, 0.717) is 0 Å². The van der Waals surface area contributed by atoms with E-state index in [1.165, 1.54) is 5.56 Å². The number of hydrogen-bond acceptors (Lipinski definition) is 3. The summed E-state index contributed by atoms with van der Waals surface area (Å²) in [5.41, 5.74) is 1.29. The summed E-state index contributed by atoms with van der Waals surface area (Å²) in [5, 5.41) is 9.62. The molecule has 19 heavy (non-hydrogen) atoms. The van der Waals surface area contributed by atoms with Gasteiger partial charge in [-0.1, -0.05) is 46.7 Å². The first-order valence-corrected chi connectivity index (χ1v) is 8.31. The molecule has 0 N–H and O–H groups in total. The van der Waals surface area contributed by atoms with Crippen molar-refractivity contribution in [3.63, 3.8) is 0 Å². The van der Waals surface area contributed by atoms with Crippen LogP contribution in [0.1, 0.15) is 31.7 Å². The summed E-state index contributed by atoms with van der Waals surface area (Å²) in [6.07, 6.45) is 2.10. The summed E-state index contributed by atoms with van der Waals surface area (Å²) in [7, 11) is 0. The Balaban J connectivity index is 2.07. The monoisotopic (exact) mass is 339 g/mol. The van der Waals surface area contributed by atoms with Crippen molar-refractivity contribution in [2.75, 3.05) is 0 Å². The van der Waals surface area contributed by atoms with Crippen LogP contribution in [-0.4, -0.2) is 14.8 Å². The Kier molecular flexibility index (Phi) is 5.45. The molecule has 0 spiro atoms. The number of aryl methyl sites for hydroxylation is 1. The van der Waals surface area contributed by atoms with Crippen molar-refractivity contribution in [3.8, 4) is 0 Å². The van der Waals surface area contributed by atoms with Gasteiger partial charge in [-0.3, -0.25) is 0 Å². The van der Waals surface area contributed by atoms with Crippen LogP contribution in [0.5, 0.6) is 0 Å². The van der Waals surface area contributed by atoms with Crippen LogP contribution in [0.4, 0.5) is 0 Å². The third kappa shape index (κ3) is 3.83. The first-order chi connectivity index (χ1) is 9.24. The molecule has 102 valence electrons. The Morgan fingerprint density at radius 3 is 2.79 bits per heavy atom. The molecule has 0 fully saturated rings. The molecule has 0 aliphatic carbocycles. The second-order valence-electron chi connectivity index (χ2n) is 4.31. The molecule has 0 aliphatic heterocycles. The van der Waals surface area contributed by atoms with E-state index in [0.717, 1.165) is 40.6 Å². The molecule has 0 bridgehead atoms. The van der Waals surface area contributed by atoms with Crippen molar-refractivity contribution in [2.24, 2.45) is 0 Å². The highest BCUT2D eigenvalue weighted by Crippen LogP contribution is 2.23. The van der Waals surface area contributed by atoms with E-state index in [9.17, 15) is 0 Å². The minimum Gasteiger partial charge on any atom is -0.306 e. The number of aromatic nitrogens is 3. The smallest absolute Gasteiger partial charge is 0.191 e. The highest BCUT2D eigenvalue weighted by Gasteiger charge is 2.10. The Morgan fingerprint density at radius 2 is 2.11 bits per heavy atom. The van der Waals surface area contributed by atoms with Crippen molar-refractivity contribution in [2.45, 2.75) is 44.1 Å². The molecule has 0 amide bonds. The Morgan fingerprint density at radius 1 is 1.26 bits per heavy atom. The molecule has 0 saturated carbocycles. The molecule has 0 atom stereocenters. The van der Waals surface area contributed by atoms with Gasteiger partial charge in [-0.2, -0.15) is 0 Å². The van der Waals surface area contributed by atoms with Crippen molar-refractivity contribution >= 4 is 27.7 Å². The molecule has 1 aromatic carbocycles. The Bertz CT molecular complexity index is 539. The van der Waals surface area contributed by atoms with Crippen molar-refractivity contribution < 1.29 is 0 Å². The van der Waals surface area contributed by atoms with Crippen molar-refractivity contribution in [1.29, 1.82) is 0 Å². The van der Waals surface area contributed by atoms with Gasteiger partial charge in [-0.05, 0) is 31.0 Å². The lowest BCUT2D eigenvalue weighted by atomic mass is 10.2. The van der Waals surface area contributed by atoms with Gasteiger partial charge in [-0.25, -0.2) is 0 Å². The molecule has 2 aromatic rings. The van der Waals surface area contributed by atoms with E-state index >= 15 is 0 Å². The standard InChI is InChI=1S/C14H18BrN3S/c1-3-6-13-16-17-14(18(13)4-2)19-10-11-7-5-8-12(15)9-11/h5,7-9H,3-4,6,10H2,1-2H3. The van der Waals surface area contributed by atoms with Crippen LogP contribution in [0.15, 0.2) is 33.9 Å². The van der Waals surface area contributed by atoms with E-state index < -0.39 is 0 Å². The van der Waals surface area contributed by atoms with Crippen LogP contribution >= 0.6 is 27.7 Å². The van der Waals surface area contributed by atoms with Gasteiger partial charge in [0.1, 0.15) is 5.82 Å². The van der Waals surface area contributed by atoms with Gasteiger partial charge in [0.15, 0.2) is 5.16 Å². The average Bonchev–Trinajstić information content (AvgIpc) is 2.79. The zero-order chi connectivity index (χ0) is 13.7. The number of hydrogen-bond donors (Lipinski definition) is 0. The van der Waals surface area contributed by atoms with E-state index in [-0.39, 0.29) is 0 Å². The first-order valence-electron chi connectivity index (χ1n) is 6.54. The summed E-state index contributed by atoms with van der Waals surface area (Å²) < 4.78 is 3.33. The third-order valence-electron chi connectivity index (χ3n) is 2.84. The number of benzene rings is 1. The molecule has 0 aliphatic rings. The van der Waals surface area contributed by atoms with Gasteiger partial charge in [-0.15, -0.1) is 10.2 Å². The predicted octanol–water partition coefficient (Wildman–Crippen LogP) is 4.31. The summed E-state index contributed by atoms with van der Waals surface area (Å²) in [6.45, 7) is 5.25. The van der Waals surface area contributed by atoms with Crippen molar-refractivity contribution in [3.05, 3.63) is 40.1 Å². The highest BCUT2D eigenvalue weighted by atomic mass is 79.9. The van der Waals surface area contributed by atoms with Crippen LogP contribution in [-0.2, 0) is 18.7 Å². The summed E-state index contributed by atoms with van der Waals surface area (Å²) in [4.78, 5) is 0. The normalized spacial score (nSPS) is 10.9. The van der Waals surface area contributed by atoms with Crippen LogP contribution in [0.2, 0.25) is 0 Å². The molecule has 1 aromatic heterocycles. The quantitative estimate of drug-likeness (QED) is 0.735. The second-order valence-corrected chi connectivity index (χ2v) is 6.17. The molecule has 2 rings (SSSR count). The maximum absolute atomic E-state index is 4.31. The number of nitrogens with zero attached hydrogens (tertiary/aromatic N) is 3.